The predicted molar refractivity (Wildman–Crippen MR) is 73.1 cm³/mol. The summed E-state index contributed by atoms with van der Waals surface area (Å²) >= 11 is 5.96. The number of urea groups is 1. The smallest absolute Gasteiger partial charge is 0.326 e. The van der Waals surface area contributed by atoms with E-state index in [1.165, 1.54) is 12.1 Å². The fourth-order valence-corrected chi connectivity index (χ4v) is 2.50. The van der Waals surface area contributed by atoms with Crippen LogP contribution in [-0.2, 0) is 0 Å². The number of carbonyl (C=O) groups excluding carboxylic acids is 1. The van der Waals surface area contributed by atoms with Gasteiger partial charge in [0.15, 0.2) is 0 Å². The van der Waals surface area contributed by atoms with Crippen LogP contribution < -0.4 is 21.9 Å². The molecule has 7 nitrogen and oxygen atoms in total. The molecule has 1 unspecified atom stereocenters. The van der Waals surface area contributed by atoms with Crippen molar-refractivity contribution in [3.8, 4) is 0 Å². The summed E-state index contributed by atoms with van der Waals surface area (Å²) < 4.78 is 14.0. The van der Waals surface area contributed by atoms with Crippen molar-refractivity contribution in [3.05, 3.63) is 61.0 Å². The number of benzene rings is 1. The molecule has 3 rings (SSSR count). The monoisotopic (exact) mass is 310 g/mol. The number of halogens is 2. The molecule has 2 amide bonds. The summed E-state index contributed by atoms with van der Waals surface area (Å²) in [4.78, 5) is 39.2. The second kappa shape index (κ2) is 4.74. The lowest BCUT2D eigenvalue weighted by Crippen LogP contribution is -2.44. The number of aromatic amines is 2. The molecule has 0 fully saturated rings. The van der Waals surface area contributed by atoms with E-state index in [4.69, 9.17) is 11.6 Å². The fraction of sp³-hybridized carbons (Fsp3) is 0.0833. The molecular weight excluding hydrogens is 303 g/mol. The van der Waals surface area contributed by atoms with E-state index in [1.54, 1.807) is 0 Å². The van der Waals surface area contributed by atoms with Crippen molar-refractivity contribution in [2.24, 2.45) is 0 Å². The number of carbonyl (C=O) groups is 1. The number of aromatic nitrogens is 2. The highest BCUT2D eigenvalue weighted by atomic mass is 35.5. The molecule has 9 heteroatoms. The van der Waals surface area contributed by atoms with Gasteiger partial charge in [-0.2, -0.15) is 0 Å². The fourth-order valence-electron chi connectivity index (χ4n) is 2.23. The van der Waals surface area contributed by atoms with E-state index in [-0.39, 0.29) is 22.0 Å². The van der Waals surface area contributed by atoms with E-state index in [0.29, 0.717) is 0 Å². The van der Waals surface area contributed by atoms with Crippen LogP contribution in [0.3, 0.4) is 0 Å². The standard InChI is InChI=1S/C12H8ClFN4O3/c13-4-2-1-3-5(14)6(4)8-7-9(16-11(20)15-8)17-12(21)18-10(7)19/h1-3,8H,(H4,15,16,17,18,19,20,21). The molecule has 0 aliphatic carbocycles. The van der Waals surface area contributed by atoms with Gasteiger partial charge in [-0.15, -0.1) is 0 Å². The summed E-state index contributed by atoms with van der Waals surface area (Å²) in [7, 11) is 0. The van der Waals surface area contributed by atoms with Gasteiger partial charge in [0.05, 0.1) is 11.6 Å². The first-order chi connectivity index (χ1) is 9.97. The van der Waals surface area contributed by atoms with Crippen LogP contribution >= 0.6 is 11.6 Å². The number of amides is 2. The SMILES string of the molecule is O=C1Nc2[nH]c(=O)[nH]c(=O)c2C(c2c(F)cccc2Cl)N1. The van der Waals surface area contributed by atoms with Crippen LogP contribution in [0.5, 0.6) is 0 Å². The third kappa shape index (κ3) is 2.19. The lowest BCUT2D eigenvalue weighted by Gasteiger charge is -2.26. The quantitative estimate of drug-likeness (QED) is 0.633. The Kier molecular flexibility index (Phi) is 3.02. The normalized spacial score (nSPS) is 16.9. The number of hydrogen-bond donors (Lipinski definition) is 4. The highest BCUT2D eigenvalue weighted by Crippen LogP contribution is 2.33. The zero-order chi connectivity index (χ0) is 15.1. The highest BCUT2D eigenvalue weighted by molar-refractivity contribution is 6.31. The molecule has 2 aromatic rings. The molecule has 4 N–H and O–H groups in total. The number of anilines is 1. The minimum atomic E-state index is -1.11. The average Bonchev–Trinajstić information content (AvgIpc) is 2.36. The van der Waals surface area contributed by atoms with Gasteiger partial charge >= 0.3 is 11.7 Å². The Hall–Kier alpha value is -2.61. The van der Waals surface area contributed by atoms with Gasteiger partial charge in [0.1, 0.15) is 11.6 Å². The van der Waals surface area contributed by atoms with Crippen LogP contribution in [0.15, 0.2) is 27.8 Å². The van der Waals surface area contributed by atoms with Crippen LogP contribution in [0.25, 0.3) is 0 Å². The van der Waals surface area contributed by atoms with Gasteiger partial charge < -0.3 is 5.32 Å². The zero-order valence-corrected chi connectivity index (χ0v) is 11.0. The molecule has 1 aliphatic heterocycles. The number of fused-ring (bicyclic) bond motifs is 1. The van der Waals surface area contributed by atoms with Gasteiger partial charge in [0.2, 0.25) is 0 Å². The molecule has 1 atom stereocenters. The summed E-state index contributed by atoms with van der Waals surface area (Å²) in [6.07, 6.45) is 0. The molecule has 0 spiro atoms. The third-order valence-corrected chi connectivity index (χ3v) is 3.40. The number of nitrogens with one attached hydrogen (secondary N) is 4. The molecule has 1 aromatic carbocycles. The van der Waals surface area contributed by atoms with Crippen molar-refractivity contribution >= 4 is 23.4 Å². The van der Waals surface area contributed by atoms with Gasteiger partial charge in [-0.3, -0.25) is 20.1 Å². The van der Waals surface area contributed by atoms with E-state index >= 15 is 0 Å². The first-order valence-corrected chi connectivity index (χ1v) is 6.23. The van der Waals surface area contributed by atoms with Crippen molar-refractivity contribution in [2.45, 2.75) is 6.04 Å². The summed E-state index contributed by atoms with van der Waals surface area (Å²) in [5.41, 5.74) is -1.60. The zero-order valence-electron chi connectivity index (χ0n) is 10.3. The third-order valence-electron chi connectivity index (χ3n) is 3.07. The van der Waals surface area contributed by atoms with Gasteiger partial charge in [-0.25, -0.2) is 14.0 Å². The van der Waals surface area contributed by atoms with Gasteiger partial charge in [-0.05, 0) is 12.1 Å². The van der Waals surface area contributed by atoms with E-state index in [0.717, 1.165) is 6.07 Å². The number of hydrogen-bond acceptors (Lipinski definition) is 3. The highest BCUT2D eigenvalue weighted by Gasteiger charge is 2.32. The van der Waals surface area contributed by atoms with Gasteiger partial charge in [-0.1, -0.05) is 17.7 Å². The Bertz CT molecular complexity index is 840. The molecular formula is C12H8ClFN4O3. The van der Waals surface area contributed by atoms with Crippen LogP contribution in [0.1, 0.15) is 17.2 Å². The molecule has 1 aromatic heterocycles. The van der Waals surface area contributed by atoms with Crippen molar-refractivity contribution in [1.82, 2.24) is 15.3 Å². The topological polar surface area (TPSA) is 107 Å². The maximum Gasteiger partial charge on any atom is 0.327 e. The largest absolute Gasteiger partial charge is 0.327 e. The molecule has 2 heterocycles. The van der Waals surface area contributed by atoms with Crippen molar-refractivity contribution in [3.63, 3.8) is 0 Å². The maximum absolute atomic E-state index is 14.0. The second-order valence-corrected chi connectivity index (χ2v) is 4.77. The van der Waals surface area contributed by atoms with E-state index in [1.807, 2.05) is 4.98 Å². The minimum Gasteiger partial charge on any atom is -0.326 e. The Morgan fingerprint density at radius 1 is 1.10 bits per heavy atom. The Morgan fingerprint density at radius 2 is 1.86 bits per heavy atom. The number of H-pyrrole nitrogens is 2. The van der Waals surface area contributed by atoms with Gasteiger partial charge in [0.25, 0.3) is 5.56 Å². The molecule has 108 valence electrons. The van der Waals surface area contributed by atoms with E-state index in [9.17, 15) is 18.8 Å². The summed E-state index contributed by atoms with van der Waals surface area (Å²) in [5.74, 6) is -0.761. The Morgan fingerprint density at radius 3 is 2.57 bits per heavy atom. The minimum absolute atomic E-state index is 0.0267. The Labute approximate surface area is 121 Å². The molecule has 0 bridgehead atoms. The Balaban J connectivity index is 2.30. The first-order valence-electron chi connectivity index (χ1n) is 5.85. The van der Waals surface area contributed by atoms with Crippen molar-refractivity contribution < 1.29 is 9.18 Å². The molecule has 21 heavy (non-hydrogen) atoms. The van der Waals surface area contributed by atoms with Crippen molar-refractivity contribution in [2.75, 3.05) is 5.32 Å². The average molecular weight is 311 g/mol. The first kappa shape index (κ1) is 13.4. The summed E-state index contributed by atoms with van der Waals surface area (Å²) in [5, 5.41) is 4.76. The second-order valence-electron chi connectivity index (χ2n) is 4.36. The molecule has 1 aliphatic rings. The van der Waals surface area contributed by atoms with Crippen molar-refractivity contribution in [1.29, 1.82) is 0 Å². The van der Waals surface area contributed by atoms with E-state index in [2.05, 4.69) is 15.6 Å². The lowest BCUT2D eigenvalue weighted by molar-refractivity contribution is 0.248. The van der Waals surface area contributed by atoms with Crippen LogP contribution in [0.2, 0.25) is 5.02 Å². The number of rotatable bonds is 1. The molecule has 0 saturated carbocycles. The van der Waals surface area contributed by atoms with Crippen LogP contribution in [0.4, 0.5) is 15.0 Å². The predicted octanol–water partition coefficient (Wildman–Crippen LogP) is 1.08. The maximum atomic E-state index is 14.0. The van der Waals surface area contributed by atoms with E-state index < -0.39 is 29.1 Å². The van der Waals surface area contributed by atoms with Crippen LogP contribution in [0, 0.1) is 5.82 Å². The lowest BCUT2D eigenvalue weighted by atomic mass is 9.98. The molecule has 0 radical (unpaired) electrons. The molecule has 0 saturated heterocycles. The van der Waals surface area contributed by atoms with Gasteiger partial charge in [0, 0.05) is 10.6 Å². The summed E-state index contributed by atoms with van der Waals surface area (Å²) in [6.45, 7) is 0. The summed E-state index contributed by atoms with van der Waals surface area (Å²) in [6, 6.07) is 2.21. The van der Waals surface area contributed by atoms with Crippen LogP contribution in [-0.4, -0.2) is 16.0 Å².